The number of carbonyl (C=O) groups is 1. The molecule has 0 aliphatic carbocycles. The number of nitrogens with one attached hydrogen (secondary N) is 2. The molecule has 24 heavy (non-hydrogen) atoms. The average molecular weight is 325 g/mol. The molecule has 1 saturated heterocycles. The Morgan fingerprint density at radius 1 is 1.29 bits per heavy atom. The lowest BCUT2D eigenvalue weighted by atomic mass is 9.92. The minimum absolute atomic E-state index is 0.0443. The van der Waals surface area contributed by atoms with Gasteiger partial charge in [0.25, 0.3) is 0 Å². The van der Waals surface area contributed by atoms with Crippen molar-refractivity contribution in [3.05, 3.63) is 41.7 Å². The van der Waals surface area contributed by atoms with E-state index >= 15 is 0 Å². The van der Waals surface area contributed by atoms with Crippen LogP contribution in [0.1, 0.15) is 44.5 Å². The Morgan fingerprint density at radius 2 is 2.08 bits per heavy atom. The molecule has 1 atom stereocenters. The zero-order valence-corrected chi connectivity index (χ0v) is 14.9. The Morgan fingerprint density at radius 3 is 2.92 bits per heavy atom. The molecular weight excluding hydrogens is 298 g/mol. The number of hydrogen-bond donors (Lipinski definition) is 2. The van der Waals surface area contributed by atoms with Gasteiger partial charge in [-0.3, -0.25) is 9.78 Å². The highest BCUT2D eigenvalue weighted by Gasteiger charge is 2.30. The molecule has 4 nitrogen and oxygen atoms in total. The van der Waals surface area contributed by atoms with E-state index in [1.165, 1.54) is 5.39 Å². The van der Waals surface area contributed by atoms with E-state index in [2.05, 4.69) is 28.8 Å². The van der Waals surface area contributed by atoms with Crippen molar-refractivity contribution in [2.45, 2.75) is 45.6 Å². The van der Waals surface area contributed by atoms with Crippen molar-refractivity contribution in [3.8, 4) is 0 Å². The second-order valence-corrected chi connectivity index (χ2v) is 7.34. The van der Waals surface area contributed by atoms with E-state index < -0.39 is 5.54 Å². The maximum atomic E-state index is 12.8. The van der Waals surface area contributed by atoms with Gasteiger partial charge in [0, 0.05) is 17.6 Å². The van der Waals surface area contributed by atoms with Crippen LogP contribution in [0.2, 0.25) is 0 Å². The fraction of sp³-hybridized carbons (Fsp3) is 0.500. The van der Waals surface area contributed by atoms with Gasteiger partial charge in [-0.2, -0.15) is 0 Å². The largest absolute Gasteiger partial charge is 0.345 e. The van der Waals surface area contributed by atoms with Crippen molar-refractivity contribution >= 4 is 16.7 Å². The predicted octanol–water partition coefficient (Wildman–Crippen LogP) is 3.28. The second-order valence-electron chi connectivity index (χ2n) is 7.34. The molecule has 2 N–H and O–H groups in total. The summed E-state index contributed by atoms with van der Waals surface area (Å²) >= 11 is 0. The van der Waals surface area contributed by atoms with Crippen molar-refractivity contribution in [1.29, 1.82) is 0 Å². The molecule has 1 aromatic heterocycles. The first-order valence-electron chi connectivity index (χ1n) is 8.87. The first kappa shape index (κ1) is 16.9. The molecule has 128 valence electrons. The Bertz CT molecular complexity index is 731. The van der Waals surface area contributed by atoms with Crippen molar-refractivity contribution in [2.75, 3.05) is 13.1 Å². The molecule has 0 saturated carbocycles. The van der Waals surface area contributed by atoms with Gasteiger partial charge in [-0.05, 0) is 51.6 Å². The summed E-state index contributed by atoms with van der Waals surface area (Å²) < 4.78 is 0. The standard InChI is InChI=1S/C20H27N3O/c1-14-12-15-8-4-5-10-17(15)18(22-14)20(2,3)23-19(24)16-9-6-7-11-21-13-16/h4-5,8,10,12,16,21H,6-7,9,11,13H2,1-3H3,(H,23,24). The zero-order chi connectivity index (χ0) is 17.2. The summed E-state index contributed by atoms with van der Waals surface area (Å²) in [7, 11) is 0. The third-order valence-electron chi connectivity index (χ3n) is 4.81. The topological polar surface area (TPSA) is 54.0 Å². The van der Waals surface area contributed by atoms with Crippen LogP contribution < -0.4 is 10.6 Å². The van der Waals surface area contributed by atoms with Gasteiger partial charge in [-0.1, -0.05) is 30.7 Å². The Hall–Kier alpha value is -1.94. The van der Waals surface area contributed by atoms with Gasteiger partial charge >= 0.3 is 0 Å². The molecule has 3 rings (SSSR count). The maximum absolute atomic E-state index is 12.8. The molecule has 2 aromatic rings. The van der Waals surface area contributed by atoms with Crippen molar-refractivity contribution in [2.24, 2.45) is 5.92 Å². The quantitative estimate of drug-likeness (QED) is 0.910. The van der Waals surface area contributed by atoms with E-state index in [4.69, 9.17) is 4.98 Å². The minimum atomic E-state index is -0.505. The zero-order valence-electron chi connectivity index (χ0n) is 14.9. The van der Waals surface area contributed by atoms with Gasteiger partial charge < -0.3 is 10.6 Å². The Labute approximate surface area is 144 Å². The third-order valence-corrected chi connectivity index (χ3v) is 4.81. The van der Waals surface area contributed by atoms with Crippen LogP contribution in [-0.2, 0) is 10.3 Å². The van der Waals surface area contributed by atoms with Crippen LogP contribution in [-0.4, -0.2) is 24.0 Å². The van der Waals surface area contributed by atoms with Crippen LogP contribution in [0.15, 0.2) is 30.3 Å². The molecule has 1 unspecified atom stereocenters. The summed E-state index contributed by atoms with van der Waals surface area (Å²) in [6.07, 6.45) is 3.21. The minimum Gasteiger partial charge on any atom is -0.345 e. The second kappa shape index (κ2) is 6.89. The smallest absolute Gasteiger partial charge is 0.225 e. The number of pyridine rings is 1. The molecule has 4 heteroatoms. The lowest BCUT2D eigenvalue weighted by Crippen LogP contribution is -2.46. The monoisotopic (exact) mass is 325 g/mol. The Balaban J connectivity index is 1.88. The van der Waals surface area contributed by atoms with Gasteiger partial charge in [0.15, 0.2) is 0 Å². The summed E-state index contributed by atoms with van der Waals surface area (Å²) in [5.74, 6) is 0.171. The molecule has 0 spiro atoms. The highest BCUT2D eigenvalue weighted by molar-refractivity contribution is 5.87. The van der Waals surface area contributed by atoms with Crippen molar-refractivity contribution < 1.29 is 4.79 Å². The Kier molecular flexibility index (Phi) is 4.86. The van der Waals surface area contributed by atoms with Crippen LogP contribution >= 0.6 is 0 Å². The number of benzene rings is 1. The molecular formula is C20H27N3O. The van der Waals surface area contributed by atoms with Crippen molar-refractivity contribution in [3.63, 3.8) is 0 Å². The van der Waals surface area contributed by atoms with E-state index in [1.54, 1.807) is 0 Å². The third kappa shape index (κ3) is 3.59. The van der Waals surface area contributed by atoms with Crippen LogP contribution in [0.5, 0.6) is 0 Å². The number of nitrogens with zero attached hydrogens (tertiary/aromatic N) is 1. The summed E-state index contributed by atoms with van der Waals surface area (Å²) in [6, 6.07) is 10.3. The van der Waals surface area contributed by atoms with Gasteiger partial charge in [0.1, 0.15) is 0 Å². The number of fused-ring (bicyclic) bond motifs is 1. The molecule has 1 amide bonds. The van der Waals surface area contributed by atoms with E-state index in [1.807, 2.05) is 32.9 Å². The fourth-order valence-electron chi connectivity index (χ4n) is 3.52. The number of aromatic nitrogens is 1. The highest BCUT2D eigenvalue weighted by atomic mass is 16.2. The molecule has 1 aliphatic rings. The van der Waals surface area contributed by atoms with Crippen LogP contribution in [0, 0.1) is 12.8 Å². The number of carbonyl (C=O) groups excluding carboxylic acids is 1. The first-order valence-corrected chi connectivity index (χ1v) is 8.87. The van der Waals surface area contributed by atoms with Gasteiger partial charge in [-0.25, -0.2) is 0 Å². The van der Waals surface area contributed by atoms with Crippen LogP contribution in [0.3, 0.4) is 0 Å². The van der Waals surface area contributed by atoms with Crippen LogP contribution in [0.4, 0.5) is 0 Å². The number of aryl methyl sites for hydroxylation is 1. The summed E-state index contributed by atoms with van der Waals surface area (Å²) in [5.41, 5.74) is 1.41. The van der Waals surface area contributed by atoms with Gasteiger partial charge in [0.2, 0.25) is 5.91 Å². The van der Waals surface area contributed by atoms with E-state index in [9.17, 15) is 4.79 Å². The van der Waals surface area contributed by atoms with E-state index in [-0.39, 0.29) is 11.8 Å². The predicted molar refractivity (Wildman–Crippen MR) is 97.9 cm³/mol. The maximum Gasteiger partial charge on any atom is 0.225 e. The average Bonchev–Trinajstić information content (AvgIpc) is 2.83. The van der Waals surface area contributed by atoms with E-state index in [0.717, 1.165) is 49.1 Å². The van der Waals surface area contributed by atoms with Crippen molar-refractivity contribution in [1.82, 2.24) is 15.6 Å². The lowest BCUT2D eigenvalue weighted by Gasteiger charge is -2.29. The normalized spacial score (nSPS) is 19.0. The molecule has 2 heterocycles. The fourth-order valence-corrected chi connectivity index (χ4v) is 3.52. The molecule has 1 fully saturated rings. The lowest BCUT2D eigenvalue weighted by molar-refractivity contribution is -0.126. The first-order chi connectivity index (χ1) is 11.5. The number of hydrogen-bond acceptors (Lipinski definition) is 3. The molecule has 1 aromatic carbocycles. The van der Waals surface area contributed by atoms with Gasteiger partial charge in [0.05, 0.1) is 17.2 Å². The molecule has 0 bridgehead atoms. The molecule has 1 aliphatic heterocycles. The SMILES string of the molecule is Cc1cc2ccccc2c(C(C)(C)NC(=O)C2CCCCNC2)n1. The summed E-state index contributed by atoms with van der Waals surface area (Å²) in [4.78, 5) is 17.5. The molecule has 0 radical (unpaired) electrons. The van der Waals surface area contributed by atoms with Gasteiger partial charge in [-0.15, -0.1) is 0 Å². The van der Waals surface area contributed by atoms with E-state index in [0.29, 0.717) is 0 Å². The number of rotatable bonds is 3. The summed E-state index contributed by atoms with van der Waals surface area (Å²) in [6.45, 7) is 7.87. The highest BCUT2D eigenvalue weighted by Crippen LogP contribution is 2.28. The summed E-state index contributed by atoms with van der Waals surface area (Å²) in [5, 5.41) is 8.88. The van der Waals surface area contributed by atoms with Crippen LogP contribution in [0.25, 0.3) is 10.8 Å². The number of amides is 1.